The van der Waals surface area contributed by atoms with Crippen molar-refractivity contribution in [2.75, 3.05) is 5.73 Å². The van der Waals surface area contributed by atoms with Gasteiger partial charge in [-0.25, -0.2) is 4.63 Å². The zero-order valence-electron chi connectivity index (χ0n) is 10.6. The Kier molecular flexibility index (Phi) is 3.38. The Hall–Kier alpha value is -2.35. The lowest BCUT2D eigenvalue weighted by Gasteiger charge is -2.01. The SMILES string of the molecule is Cc1ccccc1SCc1noc(-c2nonc2N)n1. The van der Waals surface area contributed by atoms with Gasteiger partial charge < -0.3 is 10.3 Å². The second-order valence-electron chi connectivity index (χ2n) is 4.07. The van der Waals surface area contributed by atoms with E-state index in [-0.39, 0.29) is 17.4 Å². The molecule has 2 heterocycles. The Morgan fingerprint density at radius 1 is 1.20 bits per heavy atom. The number of nitrogens with zero attached hydrogens (tertiary/aromatic N) is 4. The van der Waals surface area contributed by atoms with E-state index in [1.807, 2.05) is 12.1 Å². The Morgan fingerprint density at radius 3 is 2.80 bits per heavy atom. The molecule has 0 unspecified atom stereocenters. The number of nitrogens with two attached hydrogens (primary N) is 1. The number of thioether (sulfide) groups is 1. The Morgan fingerprint density at radius 2 is 2.05 bits per heavy atom. The summed E-state index contributed by atoms with van der Waals surface area (Å²) in [6.45, 7) is 2.06. The maximum absolute atomic E-state index is 5.57. The highest BCUT2D eigenvalue weighted by Crippen LogP contribution is 2.26. The number of anilines is 1. The zero-order valence-corrected chi connectivity index (χ0v) is 11.4. The number of aromatic nitrogens is 4. The molecule has 0 atom stereocenters. The van der Waals surface area contributed by atoms with E-state index in [0.29, 0.717) is 11.6 Å². The van der Waals surface area contributed by atoms with Crippen molar-refractivity contribution in [1.82, 2.24) is 20.5 Å². The molecule has 0 aliphatic heterocycles. The molecular weight excluding hydrogens is 278 g/mol. The summed E-state index contributed by atoms with van der Waals surface area (Å²) in [5, 5.41) is 11.0. The molecule has 0 spiro atoms. The number of benzene rings is 1. The van der Waals surface area contributed by atoms with Crippen molar-refractivity contribution in [2.24, 2.45) is 0 Å². The highest BCUT2D eigenvalue weighted by Gasteiger charge is 2.17. The predicted molar refractivity (Wildman–Crippen MR) is 72.7 cm³/mol. The molecule has 0 bridgehead atoms. The van der Waals surface area contributed by atoms with E-state index in [9.17, 15) is 0 Å². The lowest BCUT2D eigenvalue weighted by atomic mass is 10.2. The minimum absolute atomic E-state index is 0.131. The monoisotopic (exact) mass is 289 g/mol. The summed E-state index contributed by atoms with van der Waals surface area (Å²) in [5.74, 6) is 1.51. The standard InChI is InChI=1S/C12H11N5O2S/c1-7-4-2-3-5-8(7)20-6-9-14-12(18-15-9)10-11(13)17-19-16-10/h2-5H,6H2,1H3,(H2,13,17). The molecule has 8 heteroatoms. The van der Waals surface area contributed by atoms with E-state index < -0.39 is 0 Å². The minimum atomic E-state index is 0.131. The molecule has 2 aromatic heterocycles. The number of rotatable bonds is 4. The van der Waals surface area contributed by atoms with Gasteiger partial charge in [0, 0.05) is 4.90 Å². The largest absolute Gasteiger partial charge is 0.379 e. The van der Waals surface area contributed by atoms with Gasteiger partial charge in [-0.1, -0.05) is 23.4 Å². The molecule has 2 N–H and O–H groups in total. The van der Waals surface area contributed by atoms with Crippen molar-refractivity contribution in [3.05, 3.63) is 35.7 Å². The lowest BCUT2D eigenvalue weighted by Crippen LogP contribution is -1.89. The Balaban J connectivity index is 1.72. The van der Waals surface area contributed by atoms with E-state index in [1.54, 1.807) is 11.8 Å². The second-order valence-corrected chi connectivity index (χ2v) is 5.09. The lowest BCUT2D eigenvalue weighted by molar-refractivity contribution is 0.308. The fourth-order valence-corrected chi connectivity index (χ4v) is 2.49. The maximum Gasteiger partial charge on any atom is 0.284 e. The zero-order chi connectivity index (χ0) is 13.9. The van der Waals surface area contributed by atoms with Gasteiger partial charge in [-0.05, 0) is 28.9 Å². The first-order valence-corrected chi connectivity index (χ1v) is 6.82. The van der Waals surface area contributed by atoms with E-state index >= 15 is 0 Å². The van der Waals surface area contributed by atoms with Crippen molar-refractivity contribution < 1.29 is 9.15 Å². The highest BCUT2D eigenvalue weighted by molar-refractivity contribution is 7.98. The normalized spacial score (nSPS) is 10.8. The fraction of sp³-hybridized carbons (Fsp3) is 0.167. The van der Waals surface area contributed by atoms with Crippen LogP contribution in [0.2, 0.25) is 0 Å². The molecule has 0 fully saturated rings. The summed E-state index contributed by atoms with van der Waals surface area (Å²) < 4.78 is 9.59. The van der Waals surface area contributed by atoms with Gasteiger partial charge in [0.2, 0.25) is 11.5 Å². The van der Waals surface area contributed by atoms with Gasteiger partial charge in [-0.2, -0.15) is 4.98 Å². The van der Waals surface area contributed by atoms with Gasteiger partial charge in [-0.3, -0.25) is 0 Å². The molecule has 0 aliphatic carbocycles. The molecule has 0 radical (unpaired) electrons. The van der Waals surface area contributed by atoms with Crippen LogP contribution in [0.4, 0.5) is 5.82 Å². The van der Waals surface area contributed by atoms with Crippen LogP contribution in [0.25, 0.3) is 11.6 Å². The van der Waals surface area contributed by atoms with Crippen LogP contribution in [-0.2, 0) is 5.75 Å². The number of hydrogen-bond donors (Lipinski definition) is 1. The van der Waals surface area contributed by atoms with Gasteiger partial charge in [-0.15, -0.1) is 11.8 Å². The third-order valence-electron chi connectivity index (χ3n) is 2.63. The van der Waals surface area contributed by atoms with Gasteiger partial charge >= 0.3 is 0 Å². The van der Waals surface area contributed by atoms with E-state index in [1.165, 1.54) is 10.5 Å². The summed E-state index contributed by atoms with van der Waals surface area (Å²) >= 11 is 1.64. The van der Waals surface area contributed by atoms with Crippen LogP contribution in [-0.4, -0.2) is 20.5 Å². The van der Waals surface area contributed by atoms with Crippen LogP contribution < -0.4 is 5.73 Å². The number of aryl methyl sites for hydroxylation is 1. The average Bonchev–Trinajstić information content (AvgIpc) is 3.06. The van der Waals surface area contributed by atoms with Gasteiger partial charge in [0.15, 0.2) is 5.82 Å². The van der Waals surface area contributed by atoms with Crippen LogP contribution in [0.1, 0.15) is 11.4 Å². The van der Waals surface area contributed by atoms with E-state index in [0.717, 1.165) is 0 Å². The molecule has 1 aromatic carbocycles. The molecule has 0 saturated carbocycles. The molecule has 0 saturated heterocycles. The first kappa shape index (κ1) is 12.7. The van der Waals surface area contributed by atoms with Crippen molar-refractivity contribution in [1.29, 1.82) is 0 Å². The van der Waals surface area contributed by atoms with Crippen molar-refractivity contribution >= 4 is 17.6 Å². The maximum atomic E-state index is 5.57. The molecule has 3 aromatic rings. The Labute approximate surface area is 118 Å². The fourth-order valence-electron chi connectivity index (χ4n) is 1.61. The predicted octanol–water partition coefficient (Wildman–Crippen LogP) is 2.30. The minimum Gasteiger partial charge on any atom is -0.379 e. The number of nitrogen functional groups attached to an aromatic ring is 1. The summed E-state index contributed by atoms with van der Waals surface area (Å²) in [6.07, 6.45) is 0. The molecule has 102 valence electrons. The van der Waals surface area contributed by atoms with Crippen LogP contribution in [0.3, 0.4) is 0 Å². The van der Waals surface area contributed by atoms with Crippen LogP contribution in [0.5, 0.6) is 0 Å². The molecule has 3 rings (SSSR count). The molecular formula is C12H11N5O2S. The Bertz CT molecular complexity index is 724. The van der Waals surface area contributed by atoms with Crippen molar-refractivity contribution in [3.63, 3.8) is 0 Å². The van der Waals surface area contributed by atoms with Gasteiger partial charge in [0.1, 0.15) is 0 Å². The highest BCUT2D eigenvalue weighted by atomic mass is 32.2. The summed E-state index contributed by atoms with van der Waals surface area (Å²) in [4.78, 5) is 5.40. The molecule has 7 nitrogen and oxygen atoms in total. The van der Waals surface area contributed by atoms with Crippen molar-refractivity contribution in [2.45, 2.75) is 17.6 Å². The molecule has 20 heavy (non-hydrogen) atoms. The summed E-state index contributed by atoms with van der Waals surface area (Å²) in [6, 6.07) is 8.12. The second kappa shape index (κ2) is 5.33. The molecule has 0 aliphatic rings. The van der Waals surface area contributed by atoms with E-state index in [4.69, 9.17) is 10.3 Å². The average molecular weight is 289 g/mol. The summed E-state index contributed by atoms with van der Waals surface area (Å²) in [5.41, 5.74) is 7.05. The van der Waals surface area contributed by atoms with Crippen LogP contribution in [0.15, 0.2) is 38.3 Å². The summed E-state index contributed by atoms with van der Waals surface area (Å²) in [7, 11) is 0. The van der Waals surface area contributed by atoms with Crippen LogP contribution >= 0.6 is 11.8 Å². The topological polar surface area (TPSA) is 104 Å². The van der Waals surface area contributed by atoms with Gasteiger partial charge in [0.05, 0.1) is 5.75 Å². The third-order valence-corrected chi connectivity index (χ3v) is 3.81. The third kappa shape index (κ3) is 2.50. The van der Waals surface area contributed by atoms with Gasteiger partial charge in [0.25, 0.3) is 5.89 Å². The van der Waals surface area contributed by atoms with Crippen molar-refractivity contribution in [3.8, 4) is 11.6 Å². The first-order chi connectivity index (χ1) is 9.74. The quantitative estimate of drug-likeness (QED) is 0.729. The first-order valence-electron chi connectivity index (χ1n) is 5.83. The number of hydrogen-bond acceptors (Lipinski definition) is 8. The molecule has 0 amide bonds. The smallest absolute Gasteiger partial charge is 0.284 e. The van der Waals surface area contributed by atoms with Crippen LogP contribution in [0, 0.1) is 6.92 Å². The van der Waals surface area contributed by atoms with E-state index in [2.05, 4.69) is 44.1 Å².